The maximum absolute atomic E-state index is 7.40. The van der Waals surface area contributed by atoms with Gasteiger partial charge in [-0.1, -0.05) is 0 Å². The van der Waals surface area contributed by atoms with Crippen LogP contribution in [0.1, 0.15) is 12.5 Å². The van der Waals surface area contributed by atoms with Crippen LogP contribution in [0, 0.1) is 5.41 Å². The summed E-state index contributed by atoms with van der Waals surface area (Å²) in [5.74, 6) is 0.0698. The van der Waals surface area contributed by atoms with E-state index in [1.165, 1.54) is 0 Å². The lowest BCUT2D eigenvalue weighted by Crippen LogP contribution is -2.22. The predicted octanol–water partition coefficient (Wildman–Crippen LogP) is 2.21. The molecule has 0 aliphatic heterocycles. The Morgan fingerprint density at radius 1 is 1.53 bits per heavy atom. The summed E-state index contributed by atoms with van der Waals surface area (Å²) in [5, 5.41) is 7.40. The molecule has 0 aliphatic carbocycles. The van der Waals surface area contributed by atoms with Crippen molar-refractivity contribution in [1.29, 1.82) is 5.41 Å². The molecule has 0 aliphatic rings. The highest BCUT2D eigenvalue weighted by Gasteiger charge is 2.06. The summed E-state index contributed by atoms with van der Waals surface area (Å²) >= 11 is 3.42. The second-order valence-electron chi connectivity index (χ2n) is 3.70. The average Bonchev–Trinajstić information content (AvgIpc) is 2.28. The molecule has 1 rings (SSSR count). The molecule has 0 bridgehead atoms. The molecule has 0 fully saturated rings. The van der Waals surface area contributed by atoms with Crippen LogP contribution < -0.4 is 10.6 Å². The van der Waals surface area contributed by atoms with Crippen LogP contribution in [0.3, 0.4) is 0 Å². The van der Waals surface area contributed by atoms with Crippen molar-refractivity contribution in [3.8, 4) is 0 Å². The molecule has 0 radical (unpaired) electrons. The van der Waals surface area contributed by atoms with E-state index in [4.69, 9.17) is 15.9 Å². The van der Waals surface area contributed by atoms with Gasteiger partial charge in [-0.25, -0.2) is 0 Å². The Morgan fingerprint density at radius 2 is 2.24 bits per heavy atom. The minimum atomic E-state index is 0.0698. The van der Waals surface area contributed by atoms with E-state index in [1.807, 2.05) is 32.2 Å². The normalized spacial score (nSPS) is 10.3. The smallest absolute Gasteiger partial charge is 0.123 e. The Hall–Kier alpha value is -1.07. The third-order valence-electron chi connectivity index (χ3n) is 2.46. The van der Waals surface area contributed by atoms with Gasteiger partial charge in [0.1, 0.15) is 5.84 Å². The summed E-state index contributed by atoms with van der Waals surface area (Å²) in [6.07, 6.45) is 0. The SMILES string of the molecule is CCOCCN(C)c1ccc(C(=N)N)c(Br)c1. The number of amidine groups is 1. The lowest BCUT2D eigenvalue weighted by molar-refractivity contribution is 0.154. The molecule has 0 aromatic heterocycles. The fourth-order valence-electron chi connectivity index (χ4n) is 1.43. The molecule has 0 saturated carbocycles. The number of halogens is 1. The standard InChI is InChI=1S/C12H18BrN3O/c1-3-17-7-6-16(2)9-4-5-10(12(14)15)11(13)8-9/h4-5,8H,3,6-7H2,1-2H3,(H3,14,15). The van der Waals surface area contributed by atoms with Crippen molar-refractivity contribution in [2.24, 2.45) is 5.73 Å². The molecule has 0 amide bonds. The largest absolute Gasteiger partial charge is 0.384 e. The van der Waals surface area contributed by atoms with Crippen LogP contribution in [0.2, 0.25) is 0 Å². The summed E-state index contributed by atoms with van der Waals surface area (Å²) < 4.78 is 6.15. The number of nitrogens with two attached hydrogens (primary N) is 1. The van der Waals surface area contributed by atoms with Crippen LogP contribution in [-0.2, 0) is 4.74 Å². The number of nitrogen functional groups attached to an aromatic ring is 1. The van der Waals surface area contributed by atoms with E-state index in [9.17, 15) is 0 Å². The van der Waals surface area contributed by atoms with E-state index in [2.05, 4.69) is 20.8 Å². The number of anilines is 1. The molecule has 17 heavy (non-hydrogen) atoms. The van der Waals surface area contributed by atoms with Crippen LogP contribution in [0.4, 0.5) is 5.69 Å². The first kappa shape index (κ1) is 14.0. The van der Waals surface area contributed by atoms with Crippen molar-refractivity contribution in [2.75, 3.05) is 31.7 Å². The highest BCUT2D eigenvalue weighted by Crippen LogP contribution is 2.23. The van der Waals surface area contributed by atoms with Crippen molar-refractivity contribution >= 4 is 27.5 Å². The van der Waals surface area contributed by atoms with Gasteiger partial charge in [0.15, 0.2) is 0 Å². The molecule has 0 spiro atoms. The molecule has 1 aromatic carbocycles. The first-order valence-corrected chi connectivity index (χ1v) is 6.28. The first-order chi connectivity index (χ1) is 8.06. The van der Waals surface area contributed by atoms with Gasteiger partial charge < -0.3 is 15.4 Å². The molecule has 0 heterocycles. The Bertz CT molecular complexity index is 395. The summed E-state index contributed by atoms with van der Waals surface area (Å²) in [4.78, 5) is 2.10. The van der Waals surface area contributed by atoms with Gasteiger partial charge >= 0.3 is 0 Å². The van der Waals surface area contributed by atoms with Crippen molar-refractivity contribution in [1.82, 2.24) is 0 Å². The Balaban J connectivity index is 2.72. The van der Waals surface area contributed by atoms with E-state index < -0.39 is 0 Å². The van der Waals surface area contributed by atoms with Gasteiger partial charge in [0.2, 0.25) is 0 Å². The van der Waals surface area contributed by atoms with Crippen LogP contribution in [0.5, 0.6) is 0 Å². The molecule has 5 heteroatoms. The topological polar surface area (TPSA) is 62.3 Å². The molecule has 94 valence electrons. The molecule has 0 saturated heterocycles. The van der Waals surface area contributed by atoms with E-state index >= 15 is 0 Å². The second kappa shape index (κ2) is 6.61. The highest BCUT2D eigenvalue weighted by atomic mass is 79.9. The number of rotatable bonds is 6. The summed E-state index contributed by atoms with van der Waals surface area (Å²) in [7, 11) is 2.01. The zero-order chi connectivity index (χ0) is 12.8. The predicted molar refractivity (Wildman–Crippen MR) is 74.9 cm³/mol. The molecule has 0 atom stereocenters. The number of hydrogen-bond donors (Lipinski definition) is 2. The van der Waals surface area contributed by atoms with Gasteiger partial charge in [-0.3, -0.25) is 5.41 Å². The Kier molecular flexibility index (Phi) is 5.44. The third kappa shape index (κ3) is 4.02. The fourth-order valence-corrected chi connectivity index (χ4v) is 2.02. The zero-order valence-electron chi connectivity index (χ0n) is 10.2. The van der Waals surface area contributed by atoms with E-state index in [0.29, 0.717) is 12.2 Å². The van der Waals surface area contributed by atoms with Gasteiger partial charge in [0.25, 0.3) is 0 Å². The molecule has 4 nitrogen and oxygen atoms in total. The minimum Gasteiger partial charge on any atom is -0.384 e. The summed E-state index contributed by atoms with van der Waals surface area (Å²) in [6, 6.07) is 5.76. The van der Waals surface area contributed by atoms with Crippen LogP contribution in [0.15, 0.2) is 22.7 Å². The van der Waals surface area contributed by atoms with Crippen molar-refractivity contribution in [3.63, 3.8) is 0 Å². The lowest BCUT2D eigenvalue weighted by Gasteiger charge is -2.20. The monoisotopic (exact) mass is 299 g/mol. The first-order valence-electron chi connectivity index (χ1n) is 5.49. The average molecular weight is 300 g/mol. The maximum Gasteiger partial charge on any atom is 0.123 e. The summed E-state index contributed by atoms with van der Waals surface area (Å²) in [5.41, 5.74) is 7.24. The molecular formula is C12H18BrN3O. The maximum atomic E-state index is 7.40. The van der Waals surface area contributed by atoms with Crippen LogP contribution in [-0.4, -0.2) is 32.6 Å². The molecule has 0 unspecified atom stereocenters. The number of nitrogens with one attached hydrogen (secondary N) is 1. The van der Waals surface area contributed by atoms with Crippen LogP contribution >= 0.6 is 15.9 Å². The number of benzene rings is 1. The number of nitrogens with zero attached hydrogens (tertiary/aromatic N) is 1. The summed E-state index contributed by atoms with van der Waals surface area (Å²) in [6.45, 7) is 4.26. The number of hydrogen-bond acceptors (Lipinski definition) is 3. The van der Waals surface area contributed by atoms with Crippen molar-refractivity contribution in [3.05, 3.63) is 28.2 Å². The molecule has 3 N–H and O–H groups in total. The van der Waals surface area contributed by atoms with E-state index in [-0.39, 0.29) is 5.84 Å². The highest BCUT2D eigenvalue weighted by molar-refractivity contribution is 9.10. The van der Waals surface area contributed by atoms with Gasteiger partial charge in [-0.05, 0) is 41.1 Å². The number of ether oxygens (including phenoxy) is 1. The Labute approximate surface area is 110 Å². The lowest BCUT2D eigenvalue weighted by atomic mass is 10.2. The quantitative estimate of drug-likeness (QED) is 0.481. The Morgan fingerprint density at radius 3 is 2.76 bits per heavy atom. The van der Waals surface area contributed by atoms with Gasteiger partial charge in [0, 0.05) is 35.9 Å². The molecule has 1 aromatic rings. The van der Waals surface area contributed by atoms with E-state index in [0.717, 1.165) is 23.3 Å². The number of likely N-dealkylation sites (N-methyl/N-ethyl adjacent to an activating group) is 1. The van der Waals surface area contributed by atoms with Crippen molar-refractivity contribution < 1.29 is 4.74 Å². The van der Waals surface area contributed by atoms with Gasteiger partial charge in [0.05, 0.1) is 6.61 Å². The zero-order valence-corrected chi connectivity index (χ0v) is 11.8. The fraction of sp³-hybridized carbons (Fsp3) is 0.417. The van der Waals surface area contributed by atoms with Gasteiger partial charge in [-0.15, -0.1) is 0 Å². The van der Waals surface area contributed by atoms with Crippen LogP contribution in [0.25, 0.3) is 0 Å². The van der Waals surface area contributed by atoms with Gasteiger partial charge in [-0.2, -0.15) is 0 Å². The second-order valence-corrected chi connectivity index (χ2v) is 4.55. The third-order valence-corrected chi connectivity index (χ3v) is 3.11. The molecular weight excluding hydrogens is 282 g/mol. The minimum absolute atomic E-state index is 0.0698. The van der Waals surface area contributed by atoms with E-state index in [1.54, 1.807) is 0 Å². The van der Waals surface area contributed by atoms with Crippen molar-refractivity contribution in [2.45, 2.75) is 6.92 Å².